The van der Waals surface area contributed by atoms with Crippen molar-refractivity contribution >= 4 is 29.2 Å². The van der Waals surface area contributed by atoms with Crippen molar-refractivity contribution in [1.29, 1.82) is 0 Å². The first-order chi connectivity index (χ1) is 15.0. The quantitative estimate of drug-likeness (QED) is 0.178. The molecule has 0 saturated carbocycles. The van der Waals surface area contributed by atoms with Crippen molar-refractivity contribution in [1.82, 2.24) is 10.7 Å². The van der Waals surface area contributed by atoms with Gasteiger partial charge in [0, 0.05) is 24.2 Å². The summed E-state index contributed by atoms with van der Waals surface area (Å²) in [7, 11) is 0. The fourth-order valence-electron chi connectivity index (χ4n) is 2.73. The largest absolute Gasteiger partial charge is 0.490 e. The van der Waals surface area contributed by atoms with Crippen LogP contribution in [0.3, 0.4) is 0 Å². The van der Waals surface area contributed by atoms with Gasteiger partial charge in [0.25, 0.3) is 5.69 Å². The Balaban J connectivity index is 2.25. The van der Waals surface area contributed by atoms with E-state index in [1.54, 1.807) is 24.4 Å². The summed E-state index contributed by atoms with van der Waals surface area (Å²) >= 11 is 5.10. The zero-order chi connectivity index (χ0) is 22.6. The number of nitrogens with zero attached hydrogens (tertiary/aromatic N) is 2. The minimum Gasteiger partial charge on any atom is -0.490 e. The van der Waals surface area contributed by atoms with Crippen LogP contribution in [0.1, 0.15) is 30.5 Å². The second-order valence-corrected chi connectivity index (χ2v) is 6.78. The van der Waals surface area contributed by atoms with Gasteiger partial charge < -0.3 is 14.8 Å². The van der Waals surface area contributed by atoms with Gasteiger partial charge in [0.2, 0.25) is 0 Å². The number of hydrazone groups is 1. The molecule has 0 atom stereocenters. The summed E-state index contributed by atoms with van der Waals surface area (Å²) in [6, 6.07) is 10.0. The SMILES string of the molecule is C=CCc1cc(C=NNC(=S)NCC)cc(OCC)c1OCc1ccc([N+](=O)[O-])cc1. The van der Waals surface area contributed by atoms with Gasteiger partial charge in [0.1, 0.15) is 6.61 Å². The van der Waals surface area contributed by atoms with Crippen molar-refractivity contribution in [2.45, 2.75) is 26.9 Å². The maximum absolute atomic E-state index is 10.8. The normalized spacial score (nSPS) is 10.5. The van der Waals surface area contributed by atoms with Crippen LogP contribution in [0, 0.1) is 10.1 Å². The summed E-state index contributed by atoms with van der Waals surface area (Å²) in [6.45, 7) is 9.08. The predicted octanol–water partition coefficient (Wildman–Crippen LogP) is 4.12. The van der Waals surface area contributed by atoms with E-state index in [-0.39, 0.29) is 12.3 Å². The van der Waals surface area contributed by atoms with E-state index in [0.717, 1.165) is 16.7 Å². The number of ether oxygens (including phenoxy) is 2. The third-order valence-corrected chi connectivity index (χ3v) is 4.30. The van der Waals surface area contributed by atoms with Crippen LogP contribution in [0.5, 0.6) is 11.5 Å². The first-order valence-corrected chi connectivity index (χ1v) is 10.2. The topological polar surface area (TPSA) is 98.0 Å². The lowest BCUT2D eigenvalue weighted by Gasteiger charge is -2.17. The van der Waals surface area contributed by atoms with Crippen LogP contribution in [-0.2, 0) is 13.0 Å². The average Bonchev–Trinajstić information content (AvgIpc) is 2.74. The lowest BCUT2D eigenvalue weighted by atomic mass is 10.1. The van der Waals surface area contributed by atoms with Crippen molar-refractivity contribution in [3.05, 3.63) is 75.9 Å². The Bertz CT molecular complexity index is 945. The van der Waals surface area contributed by atoms with Crippen LogP contribution in [-0.4, -0.2) is 29.4 Å². The molecule has 0 unspecified atom stereocenters. The summed E-state index contributed by atoms with van der Waals surface area (Å²) in [5.74, 6) is 1.19. The molecule has 0 spiro atoms. The van der Waals surface area contributed by atoms with Gasteiger partial charge in [0.05, 0.1) is 17.7 Å². The monoisotopic (exact) mass is 442 g/mol. The summed E-state index contributed by atoms with van der Waals surface area (Å²) in [5, 5.41) is 18.4. The molecule has 2 rings (SSSR count). The van der Waals surface area contributed by atoms with Crippen molar-refractivity contribution in [2.75, 3.05) is 13.2 Å². The highest BCUT2D eigenvalue weighted by Gasteiger charge is 2.14. The Morgan fingerprint density at radius 2 is 2.00 bits per heavy atom. The lowest BCUT2D eigenvalue weighted by molar-refractivity contribution is -0.384. The summed E-state index contributed by atoms with van der Waals surface area (Å²) in [4.78, 5) is 10.4. The van der Waals surface area contributed by atoms with Gasteiger partial charge in [0.15, 0.2) is 16.6 Å². The van der Waals surface area contributed by atoms with Gasteiger partial charge in [-0.2, -0.15) is 5.10 Å². The highest BCUT2D eigenvalue weighted by molar-refractivity contribution is 7.80. The molecular formula is C22H26N4O4S. The second-order valence-electron chi connectivity index (χ2n) is 6.37. The van der Waals surface area contributed by atoms with Gasteiger partial charge in [-0.05, 0) is 67.9 Å². The summed E-state index contributed by atoms with van der Waals surface area (Å²) < 4.78 is 11.9. The van der Waals surface area contributed by atoms with E-state index in [1.165, 1.54) is 12.1 Å². The molecule has 2 aromatic rings. The van der Waals surface area contributed by atoms with E-state index >= 15 is 0 Å². The number of thiocarbonyl (C=S) groups is 1. The van der Waals surface area contributed by atoms with Crippen LogP contribution in [0.25, 0.3) is 0 Å². The third kappa shape index (κ3) is 7.38. The van der Waals surface area contributed by atoms with Crippen molar-refractivity contribution in [3.63, 3.8) is 0 Å². The Morgan fingerprint density at radius 1 is 1.26 bits per heavy atom. The molecule has 0 radical (unpaired) electrons. The Kier molecular flexibility index (Phi) is 9.44. The van der Waals surface area contributed by atoms with Crippen LogP contribution < -0.4 is 20.2 Å². The molecule has 0 amide bonds. The van der Waals surface area contributed by atoms with Crippen molar-refractivity contribution < 1.29 is 14.4 Å². The fourth-order valence-corrected chi connectivity index (χ4v) is 2.92. The molecule has 2 N–H and O–H groups in total. The van der Waals surface area contributed by atoms with E-state index in [2.05, 4.69) is 22.4 Å². The number of hydrogen-bond donors (Lipinski definition) is 2. The highest BCUT2D eigenvalue weighted by Crippen LogP contribution is 2.34. The number of non-ortho nitro benzene ring substituents is 1. The smallest absolute Gasteiger partial charge is 0.269 e. The summed E-state index contributed by atoms with van der Waals surface area (Å²) in [5.41, 5.74) is 5.31. The number of nitro benzene ring substituents is 1. The molecule has 0 fully saturated rings. The number of benzene rings is 2. The number of rotatable bonds is 11. The molecule has 0 aromatic heterocycles. The number of nitro groups is 1. The van der Waals surface area contributed by atoms with Gasteiger partial charge in [-0.1, -0.05) is 6.08 Å². The highest BCUT2D eigenvalue weighted by atomic mass is 32.1. The van der Waals surface area contributed by atoms with Gasteiger partial charge in [-0.15, -0.1) is 6.58 Å². The van der Waals surface area contributed by atoms with Gasteiger partial charge in [-0.3, -0.25) is 15.5 Å². The zero-order valence-electron chi connectivity index (χ0n) is 17.6. The number of nitrogens with one attached hydrogen (secondary N) is 2. The van der Waals surface area contributed by atoms with E-state index in [1.807, 2.05) is 26.0 Å². The second kappa shape index (κ2) is 12.3. The number of hydrogen-bond acceptors (Lipinski definition) is 6. The van der Waals surface area contributed by atoms with Crippen LogP contribution in [0.4, 0.5) is 5.69 Å². The van der Waals surface area contributed by atoms with Crippen molar-refractivity contribution in [3.8, 4) is 11.5 Å². The average molecular weight is 443 g/mol. The third-order valence-electron chi connectivity index (χ3n) is 4.07. The first-order valence-electron chi connectivity index (χ1n) is 9.82. The van der Waals surface area contributed by atoms with Gasteiger partial charge >= 0.3 is 0 Å². The van der Waals surface area contributed by atoms with Crippen LogP contribution in [0.2, 0.25) is 0 Å². The van der Waals surface area contributed by atoms with Gasteiger partial charge in [-0.25, -0.2) is 0 Å². The molecule has 8 nitrogen and oxygen atoms in total. The molecule has 2 aromatic carbocycles. The van der Waals surface area contributed by atoms with E-state index < -0.39 is 4.92 Å². The Morgan fingerprint density at radius 3 is 2.61 bits per heavy atom. The molecule has 9 heteroatoms. The molecule has 31 heavy (non-hydrogen) atoms. The molecule has 0 aliphatic heterocycles. The fraction of sp³-hybridized carbons (Fsp3) is 0.273. The molecule has 0 heterocycles. The number of allylic oxidation sites excluding steroid dienone is 1. The Labute approximate surface area is 187 Å². The molecular weight excluding hydrogens is 416 g/mol. The molecule has 164 valence electrons. The van der Waals surface area contributed by atoms with Crippen molar-refractivity contribution in [2.24, 2.45) is 5.10 Å². The molecule has 0 aliphatic carbocycles. The molecule has 0 saturated heterocycles. The lowest BCUT2D eigenvalue weighted by Crippen LogP contribution is -2.31. The van der Waals surface area contributed by atoms with E-state index in [4.69, 9.17) is 21.7 Å². The summed E-state index contributed by atoms with van der Waals surface area (Å²) in [6.07, 6.45) is 4.00. The maximum Gasteiger partial charge on any atom is 0.269 e. The Hall–Kier alpha value is -3.46. The maximum atomic E-state index is 10.8. The molecule has 0 aliphatic rings. The first kappa shape index (κ1) is 23.8. The van der Waals surface area contributed by atoms with E-state index in [0.29, 0.717) is 36.2 Å². The van der Waals surface area contributed by atoms with Crippen LogP contribution >= 0.6 is 12.2 Å². The zero-order valence-corrected chi connectivity index (χ0v) is 18.4. The molecule has 0 bridgehead atoms. The minimum absolute atomic E-state index is 0.0389. The van der Waals surface area contributed by atoms with E-state index in [9.17, 15) is 10.1 Å². The predicted molar refractivity (Wildman–Crippen MR) is 126 cm³/mol. The minimum atomic E-state index is -0.430. The van der Waals surface area contributed by atoms with Crippen LogP contribution in [0.15, 0.2) is 54.2 Å². The standard InChI is InChI=1S/C22H26N4O4S/c1-4-7-18-12-17(14-24-25-22(31)23-5-2)13-20(29-6-3)21(18)30-15-16-8-10-19(11-9-16)26(27)28/h4,8-14H,1,5-7,15H2,2-3H3,(H2,23,25,31).